The Morgan fingerprint density at radius 2 is 1.96 bits per heavy atom. The molecule has 2 aromatic heterocycles. The number of imidazole rings is 1. The van der Waals surface area contributed by atoms with Crippen molar-refractivity contribution in [1.29, 1.82) is 0 Å². The number of benzene rings is 1. The van der Waals surface area contributed by atoms with Gasteiger partial charge in [0.25, 0.3) is 0 Å². The molecule has 6 heteroatoms. The van der Waals surface area contributed by atoms with Crippen LogP contribution in [0, 0.1) is 0 Å². The van der Waals surface area contributed by atoms with Gasteiger partial charge in [-0.3, -0.25) is 9.55 Å². The number of aromatic nitrogens is 3. The van der Waals surface area contributed by atoms with E-state index in [1.165, 1.54) is 0 Å². The Morgan fingerprint density at radius 1 is 1.17 bits per heavy atom. The molecular formula is C18H15ClN4O. The van der Waals surface area contributed by atoms with Crippen LogP contribution >= 0.6 is 11.6 Å². The van der Waals surface area contributed by atoms with Gasteiger partial charge in [-0.15, -0.1) is 0 Å². The number of nitrogens with zero attached hydrogens (tertiary/aromatic N) is 4. The third-order valence-electron chi connectivity index (χ3n) is 4.03. The molecule has 1 unspecified atom stereocenters. The molecule has 0 spiro atoms. The van der Waals surface area contributed by atoms with Crippen molar-refractivity contribution in [3.63, 3.8) is 0 Å². The predicted octanol–water partition coefficient (Wildman–Crippen LogP) is 3.23. The fraction of sp³-hybridized carbons (Fsp3) is 0.111. The average molecular weight is 339 g/mol. The van der Waals surface area contributed by atoms with E-state index >= 15 is 0 Å². The molecule has 0 amide bonds. The minimum atomic E-state index is -0.679. The number of aliphatic hydroxyl groups is 1. The highest BCUT2D eigenvalue weighted by atomic mass is 35.5. The van der Waals surface area contributed by atoms with Gasteiger partial charge in [0.2, 0.25) is 0 Å². The van der Waals surface area contributed by atoms with Crippen LogP contribution in [0.25, 0.3) is 22.3 Å². The summed E-state index contributed by atoms with van der Waals surface area (Å²) in [5.41, 5.74) is 3.54. The molecule has 0 saturated heterocycles. The van der Waals surface area contributed by atoms with E-state index in [9.17, 15) is 5.11 Å². The first-order chi connectivity index (χ1) is 11.6. The van der Waals surface area contributed by atoms with Crippen molar-refractivity contribution >= 4 is 28.2 Å². The largest absolute Gasteiger partial charge is 0.370 e. The summed E-state index contributed by atoms with van der Waals surface area (Å²) in [7, 11) is 1.82. The molecule has 120 valence electrons. The minimum Gasteiger partial charge on any atom is -0.370 e. The second-order valence-corrected chi connectivity index (χ2v) is 6.06. The summed E-state index contributed by atoms with van der Waals surface area (Å²) in [5.74, 6) is 0.753. The second kappa shape index (κ2) is 5.78. The first-order valence-corrected chi connectivity index (χ1v) is 7.90. The summed E-state index contributed by atoms with van der Waals surface area (Å²) in [6.07, 6.45) is 8.38. The van der Waals surface area contributed by atoms with Crippen molar-refractivity contribution in [2.24, 2.45) is 0 Å². The number of allylic oxidation sites excluding steroid dienone is 2. The van der Waals surface area contributed by atoms with Crippen molar-refractivity contribution in [2.45, 2.75) is 6.23 Å². The number of hydrogen-bond acceptors (Lipinski definition) is 4. The van der Waals surface area contributed by atoms with Crippen LogP contribution in [0.5, 0.6) is 0 Å². The van der Waals surface area contributed by atoms with Gasteiger partial charge in [0.1, 0.15) is 12.1 Å². The van der Waals surface area contributed by atoms with E-state index in [-0.39, 0.29) is 0 Å². The number of pyridine rings is 1. The van der Waals surface area contributed by atoms with Gasteiger partial charge in [-0.05, 0) is 42.5 Å². The van der Waals surface area contributed by atoms with E-state index in [4.69, 9.17) is 16.6 Å². The van der Waals surface area contributed by atoms with Gasteiger partial charge in [-0.1, -0.05) is 11.6 Å². The molecule has 4 rings (SSSR count). The molecule has 0 bridgehead atoms. The van der Waals surface area contributed by atoms with E-state index in [0.717, 1.165) is 28.1 Å². The van der Waals surface area contributed by atoms with Crippen LogP contribution in [0.3, 0.4) is 0 Å². The molecule has 0 radical (unpaired) electrons. The van der Waals surface area contributed by atoms with Gasteiger partial charge < -0.3 is 10.0 Å². The third-order valence-corrected chi connectivity index (χ3v) is 4.29. The van der Waals surface area contributed by atoms with Gasteiger partial charge in [0, 0.05) is 35.7 Å². The fourth-order valence-corrected chi connectivity index (χ4v) is 2.86. The lowest BCUT2D eigenvalue weighted by Gasteiger charge is -2.23. The Labute approximate surface area is 144 Å². The van der Waals surface area contributed by atoms with E-state index in [0.29, 0.717) is 5.02 Å². The number of hydrogen-bond donors (Lipinski definition) is 1. The van der Waals surface area contributed by atoms with Crippen LogP contribution in [0.4, 0.5) is 0 Å². The van der Waals surface area contributed by atoms with Crippen molar-refractivity contribution in [1.82, 2.24) is 19.4 Å². The van der Waals surface area contributed by atoms with Crippen LogP contribution < -0.4 is 0 Å². The van der Waals surface area contributed by atoms with Gasteiger partial charge in [-0.25, -0.2) is 4.98 Å². The SMILES string of the molecule is CN1C=CC(c2nc3ccncc3n2-c2ccc(Cl)cc2)=CC1O. The summed E-state index contributed by atoms with van der Waals surface area (Å²) in [6.45, 7) is 0. The van der Waals surface area contributed by atoms with Crippen molar-refractivity contribution in [2.75, 3.05) is 7.05 Å². The maximum atomic E-state index is 10.1. The zero-order valence-corrected chi connectivity index (χ0v) is 13.7. The lowest BCUT2D eigenvalue weighted by molar-refractivity contribution is 0.0980. The van der Waals surface area contributed by atoms with Crippen LogP contribution in [0.1, 0.15) is 5.82 Å². The van der Waals surface area contributed by atoms with Crippen molar-refractivity contribution in [3.8, 4) is 5.69 Å². The normalized spacial score (nSPS) is 17.4. The Balaban J connectivity index is 1.96. The van der Waals surface area contributed by atoms with Gasteiger partial charge in [0.05, 0.1) is 17.2 Å². The number of likely N-dealkylation sites (N-methyl/N-ethyl adjacent to an activating group) is 1. The highest BCUT2D eigenvalue weighted by molar-refractivity contribution is 6.30. The topological polar surface area (TPSA) is 54.2 Å². The maximum Gasteiger partial charge on any atom is 0.146 e. The zero-order chi connectivity index (χ0) is 16.7. The fourth-order valence-electron chi connectivity index (χ4n) is 2.74. The summed E-state index contributed by atoms with van der Waals surface area (Å²) in [6, 6.07) is 9.44. The van der Waals surface area contributed by atoms with Crippen LogP contribution in [-0.2, 0) is 0 Å². The first-order valence-electron chi connectivity index (χ1n) is 7.52. The number of halogens is 1. The molecule has 24 heavy (non-hydrogen) atoms. The molecule has 1 N–H and O–H groups in total. The summed E-state index contributed by atoms with van der Waals surface area (Å²) < 4.78 is 2.02. The van der Waals surface area contributed by atoms with Gasteiger partial charge >= 0.3 is 0 Å². The molecule has 1 aliphatic rings. The monoisotopic (exact) mass is 338 g/mol. The minimum absolute atomic E-state index is 0.677. The molecule has 1 aromatic carbocycles. The van der Waals surface area contributed by atoms with E-state index in [1.807, 2.05) is 54.2 Å². The molecule has 5 nitrogen and oxygen atoms in total. The van der Waals surface area contributed by atoms with Crippen LogP contribution in [0.2, 0.25) is 5.02 Å². The molecule has 0 fully saturated rings. The Bertz CT molecular complexity index is 959. The average Bonchev–Trinajstić information content (AvgIpc) is 2.97. The number of fused-ring (bicyclic) bond motifs is 1. The zero-order valence-electron chi connectivity index (χ0n) is 13.0. The Morgan fingerprint density at radius 3 is 2.71 bits per heavy atom. The van der Waals surface area contributed by atoms with Crippen molar-refractivity contribution < 1.29 is 5.11 Å². The molecule has 0 aliphatic carbocycles. The predicted molar refractivity (Wildman–Crippen MR) is 94.8 cm³/mol. The number of aliphatic hydroxyl groups excluding tert-OH is 1. The lowest BCUT2D eigenvalue weighted by atomic mass is 10.1. The smallest absolute Gasteiger partial charge is 0.146 e. The maximum absolute atomic E-state index is 10.1. The first kappa shape index (κ1) is 14.9. The van der Waals surface area contributed by atoms with Gasteiger partial charge in [-0.2, -0.15) is 0 Å². The van der Waals surface area contributed by atoms with Crippen molar-refractivity contribution in [3.05, 3.63) is 71.9 Å². The third kappa shape index (κ3) is 2.48. The van der Waals surface area contributed by atoms with E-state index in [2.05, 4.69) is 4.98 Å². The number of rotatable bonds is 2. The van der Waals surface area contributed by atoms with Gasteiger partial charge in [0.15, 0.2) is 0 Å². The molecule has 1 aliphatic heterocycles. The van der Waals surface area contributed by atoms with E-state index in [1.54, 1.807) is 23.4 Å². The molecule has 0 saturated carbocycles. The Hall–Kier alpha value is -2.63. The highest BCUT2D eigenvalue weighted by Crippen LogP contribution is 2.28. The summed E-state index contributed by atoms with van der Waals surface area (Å²) in [4.78, 5) is 10.7. The Kier molecular flexibility index (Phi) is 3.59. The summed E-state index contributed by atoms with van der Waals surface area (Å²) >= 11 is 6.02. The summed E-state index contributed by atoms with van der Waals surface area (Å²) in [5, 5.41) is 10.8. The lowest BCUT2D eigenvalue weighted by Crippen LogP contribution is -2.26. The quantitative estimate of drug-likeness (QED) is 0.779. The van der Waals surface area contributed by atoms with Crippen LogP contribution in [0.15, 0.2) is 61.1 Å². The highest BCUT2D eigenvalue weighted by Gasteiger charge is 2.19. The van der Waals surface area contributed by atoms with Crippen LogP contribution in [-0.4, -0.2) is 37.8 Å². The molecule has 3 heterocycles. The van der Waals surface area contributed by atoms with E-state index < -0.39 is 6.23 Å². The standard InChI is InChI=1S/C18H15ClN4O/c1-22-9-7-12(10-17(22)24)18-21-15-6-8-20-11-16(15)23(18)14-4-2-13(19)3-5-14/h2-11,17,24H,1H3. The second-order valence-electron chi connectivity index (χ2n) is 5.63. The molecule has 1 atom stereocenters. The molecular weight excluding hydrogens is 324 g/mol. The molecule has 3 aromatic rings.